The van der Waals surface area contributed by atoms with Crippen LogP contribution in [0.5, 0.6) is 0 Å². The second-order valence-electron chi connectivity index (χ2n) is 7.14. The van der Waals surface area contributed by atoms with Gasteiger partial charge in [0, 0.05) is 30.2 Å². The van der Waals surface area contributed by atoms with Gasteiger partial charge in [0.05, 0.1) is 25.8 Å². The maximum atomic E-state index is 12.6. The van der Waals surface area contributed by atoms with Crippen molar-refractivity contribution in [1.29, 1.82) is 0 Å². The number of carbonyl (C=O) groups excluding carboxylic acids is 2. The number of anilines is 3. The fraction of sp³-hybridized carbons (Fsp3) is 0.364. The monoisotopic (exact) mass is 396 g/mol. The maximum Gasteiger partial charge on any atom is 0.241 e. The summed E-state index contributed by atoms with van der Waals surface area (Å²) in [4.78, 5) is 28.7. The molecule has 0 saturated carbocycles. The molecular formula is C22H28N4O3. The molecule has 7 nitrogen and oxygen atoms in total. The summed E-state index contributed by atoms with van der Waals surface area (Å²) in [5.41, 5.74) is 2.60. The van der Waals surface area contributed by atoms with Gasteiger partial charge >= 0.3 is 0 Å². The Morgan fingerprint density at radius 3 is 2.28 bits per heavy atom. The number of benzene rings is 2. The van der Waals surface area contributed by atoms with Crippen molar-refractivity contribution in [2.24, 2.45) is 0 Å². The smallest absolute Gasteiger partial charge is 0.241 e. The lowest BCUT2D eigenvalue weighted by molar-refractivity contribution is -0.122. The number of nitrogens with one attached hydrogen (secondary N) is 2. The largest absolute Gasteiger partial charge is 0.378 e. The molecule has 0 aromatic heterocycles. The van der Waals surface area contributed by atoms with Crippen molar-refractivity contribution < 1.29 is 14.3 Å². The molecule has 0 spiro atoms. The number of morpholine rings is 1. The summed E-state index contributed by atoms with van der Waals surface area (Å²) in [6, 6.07) is 16.6. The summed E-state index contributed by atoms with van der Waals surface area (Å²) >= 11 is 0. The molecule has 2 amide bonds. The molecule has 2 N–H and O–H groups in total. The van der Waals surface area contributed by atoms with Gasteiger partial charge in [-0.2, -0.15) is 0 Å². The summed E-state index contributed by atoms with van der Waals surface area (Å²) in [6.45, 7) is 5.13. The Kier molecular flexibility index (Phi) is 7.21. The summed E-state index contributed by atoms with van der Waals surface area (Å²) in [6.07, 6.45) is 0. The molecule has 0 bridgehead atoms. The summed E-state index contributed by atoms with van der Waals surface area (Å²) in [5, 5.41) is 5.75. The van der Waals surface area contributed by atoms with Crippen molar-refractivity contribution in [1.82, 2.24) is 4.90 Å². The molecule has 1 aliphatic heterocycles. The van der Waals surface area contributed by atoms with Crippen LogP contribution in [0.4, 0.5) is 17.1 Å². The number of para-hydroxylation sites is 1. The Hall–Kier alpha value is -2.90. The van der Waals surface area contributed by atoms with Gasteiger partial charge in [0.1, 0.15) is 0 Å². The van der Waals surface area contributed by atoms with Crippen LogP contribution in [0.1, 0.15) is 6.92 Å². The lowest BCUT2D eigenvalue weighted by atomic mass is 10.2. The number of rotatable bonds is 7. The standard InChI is InChI=1S/C22H28N4O3/c1-17(25(2)16-21(27)23-18-6-4-3-5-7-18)22(28)24-19-8-10-20(11-9-19)26-12-14-29-15-13-26/h3-11,17H,12-16H2,1-2H3,(H,23,27)(H,24,28). The summed E-state index contributed by atoms with van der Waals surface area (Å²) in [7, 11) is 1.76. The first-order valence-corrected chi connectivity index (χ1v) is 9.81. The average Bonchev–Trinajstić information content (AvgIpc) is 2.75. The second-order valence-corrected chi connectivity index (χ2v) is 7.14. The highest BCUT2D eigenvalue weighted by Gasteiger charge is 2.20. The average molecular weight is 396 g/mol. The molecule has 1 unspecified atom stereocenters. The van der Waals surface area contributed by atoms with Crippen LogP contribution < -0.4 is 15.5 Å². The molecule has 2 aromatic rings. The van der Waals surface area contributed by atoms with Gasteiger partial charge in [0.15, 0.2) is 0 Å². The SMILES string of the molecule is CC(C(=O)Nc1ccc(N2CCOCC2)cc1)N(C)CC(=O)Nc1ccccc1. The maximum absolute atomic E-state index is 12.6. The zero-order chi connectivity index (χ0) is 20.6. The number of carbonyl (C=O) groups is 2. The van der Waals surface area contributed by atoms with Crippen LogP contribution in [0.2, 0.25) is 0 Å². The summed E-state index contributed by atoms with van der Waals surface area (Å²) < 4.78 is 5.38. The van der Waals surface area contributed by atoms with Crippen molar-refractivity contribution >= 4 is 28.9 Å². The molecular weight excluding hydrogens is 368 g/mol. The lowest BCUT2D eigenvalue weighted by Gasteiger charge is -2.29. The highest BCUT2D eigenvalue weighted by molar-refractivity contribution is 5.96. The highest BCUT2D eigenvalue weighted by atomic mass is 16.5. The van der Waals surface area contributed by atoms with Gasteiger partial charge in [0.2, 0.25) is 11.8 Å². The fourth-order valence-electron chi connectivity index (χ4n) is 3.11. The molecule has 1 atom stereocenters. The number of hydrogen-bond acceptors (Lipinski definition) is 5. The number of ether oxygens (including phenoxy) is 1. The molecule has 0 radical (unpaired) electrons. The molecule has 7 heteroatoms. The van der Waals surface area contributed by atoms with Crippen molar-refractivity contribution in [3.8, 4) is 0 Å². The van der Waals surface area contributed by atoms with Gasteiger partial charge < -0.3 is 20.3 Å². The minimum absolute atomic E-state index is 0.124. The minimum Gasteiger partial charge on any atom is -0.378 e. The molecule has 1 saturated heterocycles. The van der Waals surface area contributed by atoms with Gasteiger partial charge in [-0.15, -0.1) is 0 Å². The van der Waals surface area contributed by atoms with Crippen LogP contribution in [0, 0.1) is 0 Å². The highest BCUT2D eigenvalue weighted by Crippen LogP contribution is 2.19. The van der Waals surface area contributed by atoms with Crippen LogP contribution in [0.25, 0.3) is 0 Å². The van der Waals surface area contributed by atoms with Crippen molar-refractivity contribution in [3.63, 3.8) is 0 Å². The molecule has 3 rings (SSSR count). The first-order valence-electron chi connectivity index (χ1n) is 9.81. The van der Waals surface area contributed by atoms with Gasteiger partial charge in [-0.25, -0.2) is 0 Å². The molecule has 1 fully saturated rings. The molecule has 154 valence electrons. The summed E-state index contributed by atoms with van der Waals surface area (Å²) in [5.74, 6) is -0.313. The zero-order valence-electron chi connectivity index (χ0n) is 16.9. The Morgan fingerprint density at radius 2 is 1.62 bits per heavy atom. The first-order chi connectivity index (χ1) is 14.0. The van der Waals surface area contributed by atoms with Gasteiger partial charge in [-0.1, -0.05) is 18.2 Å². The van der Waals surface area contributed by atoms with E-state index in [4.69, 9.17) is 4.74 Å². The zero-order valence-corrected chi connectivity index (χ0v) is 16.9. The van der Waals surface area contributed by atoms with E-state index in [1.54, 1.807) is 18.9 Å². The predicted molar refractivity (Wildman–Crippen MR) is 115 cm³/mol. The minimum atomic E-state index is -0.449. The van der Waals surface area contributed by atoms with E-state index in [1.807, 2.05) is 54.6 Å². The number of likely N-dealkylation sites (N-methyl/N-ethyl adjacent to an activating group) is 1. The number of hydrogen-bond donors (Lipinski definition) is 2. The second kappa shape index (κ2) is 10.0. The molecule has 1 heterocycles. The van der Waals surface area contributed by atoms with Crippen LogP contribution in [0.3, 0.4) is 0 Å². The van der Waals surface area contributed by atoms with E-state index in [1.165, 1.54) is 0 Å². The Morgan fingerprint density at radius 1 is 1.00 bits per heavy atom. The van der Waals surface area contributed by atoms with E-state index < -0.39 is 6.04 Å². The third-order valence-corrected chi connectivity index (χ3v) is 5.00. The number of nitrogens with zero attached hydrogens (tertiary/aromatic N) is 2. The fourth-order valence-corrected chi connectivity index (χ4v) is 3.11. The van der Waals surface area contributed by atoms with E-state index in [0.29, 0.717) is 0 Å². The molecule has 2 aromatic carbocycles. The van der Waals surface area contributed by atoms with Gasteiger partial charge in [-0.05, 0) is 50.4 Å². The topological polar surface area (TPSA) is 73.9 Å². The number of amides is 2. The Bertz CT molecular complexity index is 805. The normalized spacial score (nSPS) is 15.1. The third kappa shape index (κ3) is 6.04. The van der Waals surface area contributed by atoms with E-state index in [-0.39, 0.29) is 18.4 Å². The van der Waals surface area contributed by atoms with E-state index in [9.17, 15) is 9.59 Å². The quantitative estimate of drug-likeness (QED) is 0.752. The van der Waals surface area contributed by atoms with E-state index in [2.05, 4.69) is 15.5 Å². The van der Waals surface area contributed by atoms with Crippen LogP contribution in [0.15, 0.2) is 54.6 Å². The Balaban J connectivity index is 1.49. The van der Waals surface area contributed by atoms with Crippen molar-refractivity contribution in [2.75, 3.05) is 55.4 Å². The van der Waals surface area contributed by atoms with E-state index in [0.717, 1.165) is 43.4 Å². The predicted octanol–water partition coefficient (Wildman–Crippen LogP) is 2.42. The van der Waals surface area contributed by atoms with Crippen molar-refractivity contribution in [3.05, 3.63) is 54.6 Å². The van der Waals surface area contributed by atoms with Gasteiger partial charge in [0.25, 0.3) is 0 Å². The van der Waals surface area contributed by atoms with Gasteiger partial charge in [-0.3, -0.25) is 14.5 Å². The van der Waals surface area contributed by atoms with Crippen LogP contribution >= 0.6 is 0 Å². The first kappa shape index (κ1) is 20.8. The lowest BCUT2D eigenvalue weighted by Crippen LogP contribution is -2.43. The molecule has 0 aliphatic carbocycles. The van der Waals surface area contributed by atoms with Crippen LogP contribution in [-0.2, 0) is 14.3 Å². The molecule has 1 aliphatic rings. The molecule has 29 heavy (non-hydrogen) atoms. The van der Waals surface area contributed by atoms with Crippen LogP contribution in [-0.4, -0.2) is 62.7 Å². The van der Waals surface area contributed by atoms with Crippen molar-refractivity contribution in [2.45, 2.75) is 13.0 Å². The third-order valence-electron chi connectivity index (χ3n) is 5.00. The van der Waals surface area contributed by atoms with E-state index >= 15 is 0 Å². The Labute approximate surface area is 171 Å².